The minimum absolute atomic E-state index is 0.676. The third-order valence-corrected chi connectivity index (χ3v) is 4.46. The van der Waals surface area contributed by atoms with Crippen molar-refractivity contribution in [2.75, 3.05) is 32.8 Å². The topological polar surface area (TPSA) is 24.5 Å². The predicted molar refractivity (Wildman–Crippen MR) is 97.1 cm³/mol. The van der Waals surface area contributed by atoms with E-state index in [1.807, 2.05) is 13.0 Å². The summed E-state index contributed by atoms with van der Waals surface area (Å²) >= 11 is 7.11. The maximum absolute atomic E-state index is 5.74. The van der Waals surface area contributed by atoms with Gasteiger partial charge in [-0.2, -0.15) is 0 Å². The lowest BCUT2D eigenvalue weighted by atomic mass is 10.2. The largest absolute Gasteiger partial charge is 0.492 e. The molecule has 0 aromatic heterocycles. The Hall–Kier alpha value is -0.100. The zero-order valence-electron chi connectivity index (χ0n) is 13.2. The predicted octanol–water partition coefficient (Wildman–Crippen LogP) is 4.43. The summed E-state index contributed by atoms with van der Waals surface area (Å²) in [5, 5.41) is 3.51. The summed E-state index contributed by atoms with van der Waals surface area (Å²) in [7, 11) is 0. The zero-order chi connectivity index (χ0) is 15.7. The average Bonchev–Trinajstić information content (AvgIpc) is 2.46. The van der Waals surface area contributed by atoms with Crippen molar-refractivity contribution in [2.24, 2.45) is 0 Å². The van der Waals surface area contributed by atoms with E-state index in [1.165, 1.54) is 12.0 Å². The van der Waals surface area contributed by atoms with Crippen LogP contribution in [-0.2, 0) is 6.54 Å². The van der Waals surface area contributed by atoms with E-state index in [1.54, 1.807) is 0 Å². The Labute approximate surface area is 145 Å². The number of benzene rings is 1. The number of nitrogens with one attached hydrogen (secondary N) is 1. The van der Waals surface area contributed by atoms with Crippen LogP contribution >= 0.6 is 31.9 Å². The molecule has 1 aromatic rings. The van der Waals surface area contributed by atoms with Gasteiger partial charge in [0.25, 0.3) is 0 Å². The third-order valence-electron chi connectivity index (χ3n) is 3.41. The Balaban J connectivity index is 2.47. The first-order valence-electron chi connectivity index (χ1n) is 7.66. The second kappa shape index (κ2) is 10.6. The van der Waals surface area contributed by atoms with Crippen molar-refractivity contribution in [2.45, 2.75) is 33.7 Å². The molecule has 5 heteroatoms. The van der Waals surface area contributed by atoms with Crippen LogP contribution in [0.2, 0.25) is 0 Å². The van der Waals surface area contributed by atoms with E-state index in [-0.39, 0.29) is 0 Å². The minimum Gasteiger partial charge on any atom is -0.492 e. The van der Waals surface area contributed by atoms with Gasteiger partial charge in [0.1, 0.15) is 5.75 Å². The highest BCUT2D eigenvalue weighted by atomic mass is 79.9. The van der Waals surface area contributed by atoms with Crippen LogP contribution in [0.3, 0.4) is 0 Å². The van der Waals surface area contributed by atoms with Crippen molar-refractivity contribution < 1.29 is 4.74 Å². The molecule has 0 atom stereocenters. The molecule has 1 N–H and O–H groups in total. The normalized spacial score (nSPS) is 11.1. The van der Waals surface area contributed by atoms with Gasteiger partial charge in [-0.1, -0.05) is 29.8 Å². The Bertz CT molecular complexity index is 423. The Morgan fingerprint density at radius 2 is 1.86 bits per heavy atom. The summed E-state index contributed by atoms with van der Waals surface area (Å²) in [6, 6.07) is 4.14. The van der Waals surface area contributed by atoms with Gasteiger partial charge in [-0.15, -0.1) is 0 Å². The monoisotopic (exact) mass is 420 g/mol. The van der Waals surface area contributed by atoms with Gasteiger partial charge in [-0.25, -0.2) is 0 Å². The molecular formula is C16H26Br2N2O. The fourth-order valence-electron chi connectivity index (χ4n) is 2.24. The van der Waals surface area contributed by atoms with E-state index in [9.17, 15) is 0 Å². The van der Waals surface area contributed by atoms with E-state index < -0.39 is 0 Å². The molecule has 1 rings (SSSR count). The molecule has 0 saturated carbocycles. The lowest BCUT2D eigenvalue weighted by molar-refractivity contribution is 0.297. The number of rotatable bonds is 10. The first-order valence-corrected chi connectivity index (χ1v) is 9.24. The lowest BCUT2D eigenvalue weighted by Crippen LogP contribution is -2.27. The van der Waals surface area contributed by atoms with Crippen LogP contribution < -0.4 is 10.1 Å². The van der Waals surface area contributed by atoms with Gasteiger partial charge in [-0.3, -0.25) is 0 Å². The molecule has 21 heavy (non-hydrogen) atoms. The van der Waals surface area contributed by atoms with Crippen molar-refractivity contribution in [3.63, 3.8) is 0 Å². The minimum atomic E-state index is 0.676. The van der Waals surface area contributed by atoms with Crippen molar-refractivity contribution in [3.8, 4) is 5.75 Å². The summed E-state index contributed by atoms with van der Waals surface area (Å²) in [5.74, 6) is 0.942. The molecule has 0 aliphatic carbocycles. The quantitative estimate of drug-likeness (QED) is 0.565. The number of nitrogens with zero attached hydrogens (tertiary/aromatic N) is 1. The second-order valence-electron chi connectivity index (χ2n) is 4.87. The van der Waals surface area contributed by atoms with E-state index in [2.05, 4.69) is 62.0 Å². The molecule has 0 bridgehead atoms. The molecule has 0 unspecified atom stereocenters. The van der Waals surface area contributed by atoms with Gasteiger partial charge in [0.05, 0.1) is 11.1 Å². The number of halogens is 2. The molecule has 1 aromatic carbocycles. The van der Waals surface area contributed by atoms with Gasteiger partial charge in [0, 0.05) is 16.6 Å². The molecule has 0 aliphatic heterocycles. The molecule has 0 fully saturated rings. The molecule has 0 aliphatic rings. The van der Waals surface area contributed by atoms with Crippen LogP contribution in [0.5, 0.6) is 5.75 Å². The van der Waals surface area contributed by atoms with Crippen molar-refractivity contribution in [1.29, 1.82) is 0 Å². The standard InChI is InChI=1S/C16H26Br2N2O/c1-4-20(5-2)9-7-8-19-12-13-10-14(17)11-15(18)16(13)21-6-3/h10-11,19H,4-9,12H2,1-3H3. The highest BCUT2D eigenvalue weighted by Gasteiger charge is 2.09. The highest BCUT2D eigenvalue weighted by molar-refractivity contribution is 9.11. The molecule has 0 saturated heterocycles. The van der Waals surface area contributed by atoms with Crippen LogP contribution in [-0.4, -0.2) is 37.7 Å². The SMILES string of the molecule is CCOc1c(Br)cc(Br)cc1CNCCCN(CC)CC. The highest BCUT2D eigenvalue weighted by Crippen LogP contribution is 2.32. The molecule has 0 amide bonds. The van der Waals surface area contributed by atoms with Gasteiger partial charge < -0.3 is 15.0 Å². The number of hydrogen-bond acceptors (Lipinski definition) is 3. The van der Waals surface area contributed by atoms with Crippen LogP contribution in [0.1, 0.15) is 32.8 Å². The van der Waals surface area contributed by atoms with Crippen LogP contribution in [0.4, 0.5) is 0 Å². The second-order valence-corrected chi connectivity index (χ2v) is 6.64. The first-order chi connectivity index (χ1) is 10.1. The van der Waals surface area contributed by atoms with Crippen molar-refractivity contribution in [1.82, 2.24) is 10.2 Å². The fourth-order valence-corrected chi connectivity index (χ4v) is 3.67. The van der Waals surface area contributed by atoms with E-state index in [0.717, 1.165) is 47.4 Å². The van der Waals surface area contributed by atoms with Gasteiger partial charge in [0.15, 0.2) is 0 Å². The first kappa shape index (κ1) is 18.9. The summed E-state index contributed by atoms with van der Waals surface area (Å²) < 4.78 is 7.80. The summed E-state index contributed by atoms with van der Waals surface area (Å²) in [6.45, 7) is 12.4. The maximum Gasteiger partial charge on any atom is 0.138 e. The van der Waals surface area contributed by atoms with Crippen LogP contribution in [0, 0.1) is 0 Å². The molecule has 120 valence electrons. The number of ether oxygens (including phenoxy) is 1. The van der Waals surface area contributed by atoms with E-state index in [0.29, 0.717) is 6.61 Å². The maximum atomic E-state index is 5.74. The molecule has 0 spiro atoms. The molecule has 0 heterocycles. The van der Waals surface area contributed by atoms with Crippen molar-refractivity contribution >= 4 is 31.9 Å². The molecular weight excluding hydrogens is 396 g/mol. The lowest BCUT2D eigenvalue weighted by Gasteiger charge is -2.18. The average molecular weight is 422 g/mol. The fraction of sp³-hybridized carbons (Fsp3) is 0.625. The Kier molecular flexibility index (Phi) is 9.56. The smallest absolute Gasteiger partial charge is 0.138 e. The summed E-state index contributed by atoms with van der Waals surface area (Å²) in [4.78, 5) is 2.45. The summed E-state index contributed by atoms with van der Waals surface area (Å²) in [6.07, 6.45) is 1.17. The Morgan fingerprint density at radius 3 is 2.48 bits per heavy atom. The van der Waals surface area contributed by atoms with E-state index >= 15 is 0 Å². The summed E-state index contributed by atoms with van der Waals surface area (Å²) in [5.41, 5.74) is 1.18. The van der Waals surface area contributed by atoms with Crippen LogP contribution in [0.25, 0.3) is 0 Å². The number of hydrogen-bond donors (Lipinski definition) is 1. The molecule has 0 radical (unpaired) electrons. The Morgan fingerprint density at radius 1 is 1.14 bits per heavy atom. The third kappa shape index (κ3) is 6.68. The van der Waals surface area contributed by atoms with Gasteiger partial charge in [0.2, 0.25) is 0 Å². The van der Waals surface area contributed by atoms with E-state index in [4.69, 9.17) is 4.74 Å². The molecule has 3 nitrogen and oxygen atoms in total. The van der Waals surface area contributed by atoms with Gasteiger partial charge in [-0.05, 0) is 67.6 Å². The van der Waals surface area contributed by atoms with Gasteiger partial charge >= 0.3 is 0 Å². The van der Waals surface area contributed by atoms with Crippen LogP contribution in [0.15, 0.2) is 21.1 Å². The van der Waals surface area contributed by atoms with Crippen molar-refractivity contribution in [3.05, 3.63) is 26.6 Å². The zero-order valence-corrected chi connectivity index (χ0v) is 16.4.